The minimum atomic E-state index is -0.819. The van der Waals surface area contributed by atoms with Gasteiger partial charge >= 0.3 is 0 Å². The highest BCUT2D eigenvalue weighted by molar-refractivity contribution is 8.08. The highest BCUT2D eigenvalue weighted by Gasteiger charge is 2.24. The van der Waals surface area contributed by atoms with E-state index >= 15 is 0 Å². The Morgan fingerprint density at radius 1 is 1.02 bits per heavy atom. The number of anilines is 1. The Morgan fingerprint density at radius 3 is 2.24 bits per heavy atom. The molecule has 42 heavy (non-hydrogen) atoms. The number of thioether (sulfide) groups is 2. The second-order valence-corrected chi connectivity index (χ2v) is 11.6. The van der Waals surface area contributed by atoms with Crippen molar-refractivity contribution in [3.8, 4) is 11.5 Å². The normalized spacial score (nSPS) is 15.1. The molecule has 0 aromatic heterocycles. The number of nitrogens with two attached hydrogens (primary N) is 5. The Hall–Kier alpha value is -3.46. The van der Waals surface area contributed by atoms with Crippen molar-refractivity contribution in [3.63, 3.8) is 0 Å². The summed E-state index contributed by atoms with van der Waals surface area (Å²) >= 11 is 3.85. The monoisotopic (exact) mass is 617 g/mol. The maximum Gasteiger partial charge on any atom is 0.246 e. The van der Waals surface area contributed by atoms with Crippen molar-refractivity contribution in [3.05, 3.63) is 48.5 Å². The maximum atomic E-state index is 13.1. The number of nitrogens with one attached hydrogen (secondary N) is 2. The molecule has 2 aromatic rings. The molecule has 0 radical (unpaired) electrons. The van der Waals surface area contributed by atoms with E-state index in [-0.39, 0.29) is 11.9 Å². The molecule has 230 valence electrons. The van der Waals surface area contributed by atoms with Gasteiger partial charge in [0.2, 0.25) is 11.8 Å². The fourth-order valence-corrected chi connectivity index (χ4v) is 5.41. The van der Waals surface area contributed by atoms with Gasteiger partial charge in [0.1, 0.15) is 17.5 Å². The van der Waals surface area contributed by atoms with E-state index in [1.54, 1.807) is 24.3 Å². The average molecular weight is 618 g/mol. The van der Waals surface area contributed by atoms with Gasteiger partial charge in [-0.05, 0) is 81.3 Å². The predicted octanol–water partition coefficient (Wildman–Crippen LogP) is 1.83. The Balaban J connectivity index is 0.00000301. The van der Waals surface area contributed by atoms with Crippen molar-refractivity contribution in [2.45, 2.75) is 47.9 Å². The maximum absolute atomic E-state index is 13.1. The van der Waals surface area contributed by atoms with Gasteiger partial charge in [-0.1, -0.05) is 0 Å². The van der Waals surface area contributed by atoms with E-state index in [0.717, 1.165) is 16.8 Å². The first-order chi connectivity index (χ1) is 20.3. The number of carbonyl (C=O) groups is 2. The van der Waals surface area contributed by atoms with Crippen LogP contribution in [0.15, 0.2) is 63.4 Å². The highest BCUT2D eigenvalue weighted by atomic mass is 32.2. The van der Waals surface area contributed by atoms with Crippen LogP contribution in [0.5, 0.6) is 11.5 Å². The summed E-state index contributed by atoms with van der Waals surface area (Å²) in [6, 6.07) is 13.5. The lowest BCUT2D eigenvalue weighted by Crippen LogP contribution is -2.50. The molecule has 3 unspecified atom stereocenters. The largest absolute Gasteiger partial charge is 0.457 e. The molecule has 1 fully saturated rings. The third-order valence-electron chi connectivity index (χ3n) is 5.84. The lowest BCUT2D eigenvalue weighted by molar-refractivity contribution is -0.127. The lowest BCUT2D eigenvalue weighted by atomic mass is 10.1. The Kier molecular flexibility index (Phi) is 16.2. The Morgan fingerprint density at radius 2 is 1.64 bits per heavy atom. The van der Waals surface area contributed by atoms with Gasteiger partial charge in [0.25, 0.3) is 0 Å². The molecule has 1 heterocycles. The number of nitrogens with zero attached hydrogens (tertiary/aromatic N) is 2. The molecule has 3 atom stereocenters. The van der Waals surface area contributed by atoms with Crippen LogP contribution in [0.1, 0.15) is 25.7 Å². The third kappa shape index (κ3) is 13.9. The SMILES string of the molecule is CN.NC=NCCCC(N)C(=O)NC(CCCN=C(N)N)C(=O)Nc1ccc(Oc2ccc(SCC3CS3)cc2)cc1. The topological polar surface area (TPSA) is 222 Å². The molecular weight excluding hydrogens is 575 g/mol. The van der Waals surface area contributed by atoms with Crippen molar-refractivity contribution < 1.29 is 14.3 Å². The van der Waals surface area contributed by atoms with Crippen LogP contribution in [0.25, 0.3) is 0 Å². The van der Waals surface area contributed by atoms with Gasteiger partial charge in [0.15, 0.2) is 5.96 Å². The molecule has 0 bridgehead atoms. The van der Waals surface area contributed by atoms with Crippen LogP contribution >= 0.6 is 23.5 Å². The first-order valence-electron chi connectivity index (χ1n) is 13.7. The van der Waals surface area contributed by atoms with E-state index in [4.69, 9.17) is 27.7 Å². The molecular formula is C28H43N9O3S2. The number of amides is 2. The summed E-state index contributed by atoms with van der Waals surface area (Å²) in [5, 5.41) is 6.40. The molecule has 0 aliphatic carbocycles. The van der Waals surface area contributed by atoms with E-state index in [1.165, 1.54) is 24.0 Å². The second-order valence-electron chi connectivity index (χ2n) is 9.17. The smallest absolute Gasteiger partial charge is 0.246 e. The summed E-state index contributed by atoms with van der Waals surface area (Å²) in [6.07, 6.45) is 3.04. The second kappa shape index (κ2) is 19.6. The fraction of sp³-hybridized carbons (Fsp3) is 0.429. The molecule has 1 aliphatic heterocycles. The van der Waals surface area contributed by atoms with Gasteiger partial charge in [-0.2, -0.15) is 11.8 Å². The predicted molar refractivity (Wildman–Crippen MR) is 175 cm³/mol. The van der Waals surface area contributed by atoms with Crippen LogP contribution in [0.4, 0.5) is 5.69 Å². The Labute approximate surface area is 256 Å². The highest BCUT2D eigenvalue weighted by Crippen LogP contribution is 2.35. The van der Waals surface area contributed by atoms with Gasteiger partial charge < -0.3 is 44.0 Å². The minimum Gasteiger partial charge on any atom is -0.457 e. The van der Waals surface area contributed by atoms with Crippen LogP contribution in [0, 0.1) is 0 Å². The molecule has 1 saturated heterocycles. The number of hydrogen-bond acceptors (Lipinski definition) is 9. The molecule has 2 aromatic carbocycles. The summed E-state index contributed by atoms with van der Waals surface area (Å²) in [5.74, 6) is 2.95. The number of guanidine groups is 1. The van der Waals surface area contributed by atoms with Crippen molar-refractivity contribution in [1.29, 1.82) is 0 Å². The number of rotatable bonds is 17. The van der Waals surface area contributed by atoms with Gasteiger partial charge in [-0.25, -0.2) is 0 Å². The van der Waals surface area contributed by atoms with Crippen molar-refractivity contribution in [1.82, 2.24) is 5.32 Å². The van der Waals surface area contributed by atoms with E-state index in [2.05, 4.69) is 38.5 Å². The van der Waals surface area contributed by atoms with Gasteiger partial charge in [0, 0.05) is 40.4 Å². The zero-order valence-electron chi connectivity index (χ0n) is 23.9. The molecule has 12 nitrogen and oxygen atoms in total. The van der Waals surface area contributed by atoms with Gasteiger partial charge in [-0.15, -0.1) is 11.8 Å². The van der Waals surface area contributed by atoms with Gasteiger partial charge in [0.05, 0.1) is 12.4 Å². The van der Waals surface area contributed by atoms with Crippen molar-refractivity contribution >= 4 is 53.3 Å². The zero-order valence-corrected chi connectivity index (χ0v) is 25.5. The summed E-state index contributed by atoms with van der Waals surface area (Å²) in [5.41, 5.74) is 27.1. The van der Waals surface area contributed by atoms with Crippen LogP contribution < -0.4 is 44.0 Å². The molecule has 0 saturated carbocycles. The number of ether oxygens (including phenoxy) is 1. The van der Waals surface area contributed by atoms with Crippen LogP contribution in [0.3, 0.4) is 0 Å². The number of carbonyl (C=O) groups excluding carboxylic acids is 2. The summed E-state index contributed by atoms with van der Waals surface area (Å²) < 4.78 is 5.94. The van der Waals surface area contributed by atoms with Crippen LogP contribution in [-0.4, -0.2) is 73.1 Å². The third-order valence-corrected chi connectivity index (χ3v) is 8.20. The number of benzene rings is 2. The zero-order chi connectivity index (χ0) is 30.7. The first kappa shape index (κ1) is 34.7. The summed E-state index contributed by atoms with van der Waals surface area (Å²) in [6.45, 7) is 0.806. The summed E-state index contributed by atoms with van der Waals surface area (Å²) in [4.78, 5) is 34.8. The average Bonchev–Trinajstić information content (AvgIpc) is 3.83. The van der Waals surface area contributed by atoms with Crippen molar-refractivity contribution in [2.75, 3.05) is 37.0 Å². The van der Waals surface area contributed by atoms with Gasteiger partial charge in [-0.3, -0.25) is 19.6 Å². The van der Waals surface area contributed by atoms with E-state index in [1.807, 2.05) is 35.7 Å². The van der Waals surface area contributed by atoms with Crippen molar-refractivity contribution in [2.24, 2.45) is 38.7 Å². The van der Waals surface area contributed by atoms with Crippen LogP contribution in [0.2, 0.25) is 0 Å². The molecule has 14 heteroatoms. The minimum absolute atomic E-state index is 0.0305. The van der Waals surface area contributed by atoms with E-state index in [9.17, 15) is 9.59 Å². The summed E-state index contributed by atoms with van der Waals surface area (Å²) in [7, 11) is 1.50. The molecule has 0 spiro atoms. The van der Waals surface area contributed by atoms with E-state index in [0.29, 0.717) is 50.2 Å². The first-order valence-corrected chi connectivity index (χ1v) is 15.7. The standard InChI is InChI=1S/C27H38N8O3S2.CH5N/c28-17-32-13-1-3-23(29)25(36)35-24(4-2-14-33-27(30)31)26(37)34-18-5-7-19(8-6-18)38-20-9-11-21(12-10-20)39-15-22-16-40-22;1-2/h5-12,17,22-24H,1-4,13-16,29H2,(H2,28,32)(H,34,37)(H,35,36)(H4,30,31,33);2H2,1H3. The molecule has 12 N–H and O–H groups in total. The number of hydrogen-bond donors (Lipinski definition) is 7. The molecule has 2 amide bonds. The van der Waals surface area contributed by atoms with Crippen LogP contribution in [-0.2, 0) is 9.59 Å². The lowest BCUT2D eigenvalue weighted by Gasteiger charge is -2.20. The molecule has 1 aliphatic rings. The van der Waals surface area contributed by atoms with E-state index < -0.39 is 18.0 Å². The number of aliphatic imine (C=N–C) groups is 2. The Bertz CT molecular complexity index is 1140. The molecule has 3 rings (SSSR count). The fourth-order valence-electron chi connectivity index (χ4n) is 3.59. The quantitative estimate of drug-likeness (QED) is 0.0448.